The van der Waals surface area contributed by atoms with Crippen LogP contribution in [0.5, 0.6) is 0 Å². The lowest BCUT2D eigenvalue weighted by Gasteiger charge is -2.36. The molecule has 0 radical (unpaired) electrons. The molecule has 536 valence electrons. The van der Waals surface area contributed by atoms with E-state index in [1.54, 1.807) is 0 Å². The van der Waals surface area contributed by atoms with Gasteiger partial charge in [0.25, 0.3) is 0 Å². The molecule has 2 saturated carbocycles. The van der Waals surface area contributed by atoms with Crippen LogP contribution >= 0.6 is 0 Å². The number of ether oxygens (including phenoxy) is 1. The van der Waals surface area contributed by atoms with E-state index in [4.69, 9.17) is 40.7 Å². The van der Waals surface area contributed by atoms with Crippen molar-refractivity contribution in [2.75, 3.05) is 74.2 Å². The summed E-state index contributed by atoms with van der Waals surface area (Å²) < 4.78 is 16.5. The molecule has 5 aliphatic rings. The van der Waals surface area contributed by atoms with E-state index in [1.165, 1.54) is 23.8 Å². The Morgan fingerprint density at radius 1 is 0.449 bits per heavy atom. The standard InChI is InChI=1S/C29H28N6O.C28H26N6O2.C27H28N8/c1-16-10-17(2)29-21(11-16)28(20-6-5-7-25-22(20)13-33(4)31-25)32-35(29)19-8-9-26(30-12-19)34-14-23-24(15-34)27(23)18(3)36;1-16-6-4-8-19-26(18-7-5-9-23-20(18)13-32(2)30-23)31-34(27(16)19)17-10-11-24(29-12-17)33-14-21-22(15-33)25(21)28(35)36-3;1-18-6-4-8-22-26(21-7-5-9-24-23(21)17-32(3)30-24)31-35(27(18)22)20-10-11-25(29-16-20)34-14-12-33(13-15-34)19(2)28/h5-13,23-24,27,36H,3,14-15H2,1-2,4H3;4-13,21-22,25H,14-15H2,1-3H3;4-11,16-17H,2,12-15,28H2,1,3H3. The first-order valence-corrected chi connectivity index (χ1v) is 36.5. The number of piperidine rings is 2. The summed E-state index contributed by atoms with van der Waals surface area (Å²) >= 11 is 0. The van der Waals surface area contributed by atoms with Crippen molar-refractivity contribution in [2.45, 2.75) is 27.7 Å². The quantitative estimate of drug-likeness (QED) is 0.0855. The van der Waals surface area contributed by atoms with Gasteiger partial charge >= 0.3 is 5.97 Å². The van der Waals surface area contributed by atoms with E-state index in [-0.39, 0.29) is 17.8 Å². The first-order chi connectivity index (χ1) is 51.9. The number of aryl methyl sites for hydroxylation is 7. The number of nitrogens with two attached hydrogens (primary N) is 1. The molecule has 0 spiro atoms. The number of aliphatic hydroxyl groups is 1. The molecule has 0 bridgehead atoms. The van der Waals surface area contributed by atoms with Crippen LogP contribution in [0, 0.1) is 63.2 Å². The summed E-state index contributed by atoms with van der Waals surface area (Å²) in [6, 6.07) is 48.2. The number of piperazine rings is 1. The highest BCUT2D eigenvalue weighted by Crippen LogP contribution is 2.55. The fourth-order valence-corrected chi connectivity index (χ4v) is 17.3. The normalized spacial score (nSPS) is 18.7. The molecule has 4 unspecified atom stereocenters. The van der Waals surface area contributed by atoms with E-state index >= 15 is 0 Å². The second-order valence-corrected chi connectivity index (χ2v) is 29.4. The van der Waals surface area contributed by atoms with Crippen molar-refractivity contribution in [3.05, 3.63) is 224 Å². The van der Waals surface area contributed by atoms with Crippen molar-refractivity contribution in [2.24, 2.45) is 62.4 Å². The topological polar surface area (TPSA) is 231 Å². The van der Waals surface area contributed by atoms with Crippen molar-refractivity contribution < 1.29 is 14.6 Å². The SMILES string of the molecule is C=C(N)N1CCN(c2ccc(-n3nc(-c4cccc5nn(C)cc45)c4cccc(C)c43)cn2)CC1.C=C(O)C1C2CN(c3ccc(-n4nc(-c5cccc6nn(C)cc56)c5cc(C)cc(C)c54)cn3)CC21.COC(=O)C1C2CN(c3ccc(-n4nc(-c5cccc6nn(C)cc56)c5cccc(C)c54)cn3)CC21. The van der Waals surface area contributed by atoms with Gasteiger partial charge < -0.3 is 35.2 Å². The summed E-state index contributed by atoms with van der Waals surface area (Å²) in [6.07, 6.45) is 11.9. The number of carbonyl (C=O) groups is 1. The van der Waals surface area contributed by atoms with Crippen LogP contribution in [0.15, 0.2) is 201 Å². The molecular weight excluding hydrogens is 1340 g/mol. The Labute approximate surface area is 617 Å². The molecule has 4 atom stereocenters. The highest BCUT2D eigenvalue weighted by atomic mass is 16.5. The summed E-state index contributed by atoms with van der Waals surface area (Å²) in [4.78, 5) is 35.2. The Morgan fingerprint density at radius 2 is 0.832 bits per heavy atom. The predicted molar refractivity (Wildman–Crippen MR) is 421 cm³/mol. The molecule has 23 nitrogen and oxygen atoms in total. The number of aliphatic hydroxyl groups excluding tert-OH is 1. The summed E-state index contributed by atoms with van der Waals surface area (Å²) in [5.41, 5.74) is 25.6. The van der Waals surface area contributed by atoms with Crippen molar-refractivity contribution >= 4 is 88.8 Å². The number of anilines is 3. The van der Waals surface area contributed by atoms with E-state index in [2.05, 4.69) is 191 Å². The highest BCUT2D eigenvalue weighted by molar-refractivity contribution is 6.06. The number of esters is 1. The lowest BCUT2D eigenvalue weighted by molar-refractivity contribution is -0.142. The zero-order valence-electron chi connectivity index (χ0n) is 61.1. The molecule has 3 N–H and O–H groups in total. The van der Waals surface area contributed by atoms with Gasteiger partial charge in [0.05, 0.1) is 93.4 Å². The fraction of sp³-hybridized carbons (Fsp3) is 0.262. The smallest absolute Gasteiger partial charge is 0.309 e. The molecular formula is C84H82N20O3. The monoisotopic (exact) mass is 1420 g/mol. The maximum absolute atomic E-state index is 11.9. The summed E-state index contributed by atoms with van der Waals surface area (Å²) in [5.74, 6) is 5.86. The maximum Gasteiger partial charge on any atom is 0.309 e. The number of methoxy groups -OCH3 is 1. The van der Waals surface area contributed by atoms with Crippen LogP contribution in [0.1, 0.15) is 22.3 Å². The van der Waals surface area contributed by atoms with Crippen molar-refractivity contribution in [1.29, 1.82) is 0 Å². The van der Waals surface area contributed by atoms with Crippen molar-refractivity contribution in [1.82, 2.24) is 78.5 Å². The molecule has 107 heavy (non-hydrogen) atoms. The molecule has 3 aliphatic heterocycles. The number of allylic oxidation sites excluding steroid dienone is 1. The number of nitrogens with zero attached hydrogens (tertiary/aromatic N) is 19. The Kier molecular flexibility index (Phi) is 16.0. The minimum Gasteiger partial charge on any atom is -0.513 e. The fourth-order valence-electron chi connectivity index (χ4n) is 17.3. The molecule has 20 rings (SSSR count). The molecule has 0 amide bonds. The number of hydrogen-bond donors (Lipinski definition) is 2. The number of fused-ring (bicyclic) bond motifs is 8. The van der Waals surface area contributed by atoms with E-state index < -0.39 is 0 Å². The van der Waals surface area contributed by atoms with Gasteiger partial charge in [-0.2, -0.15) is 30.6 Å². The second kappa shape index (κ2) is 25.9. The molecule has 15 aromatic rings. The zero-order chi connectivity index (χ0) is 73.4. The van der Waals surface area contributed by atoms with E-state index in [0.29, 0.717) is 35.3 Å². The lowest BCUT2D eigenvalue weighted by atomic mass is 10.0. The largest absolute Gasteiger partial charge is 0.513 e. The highest BCUT2D eigenvalue weighted by Gasteiger charge is 2.60. The van der Waals surface area contributed by atoms with Crippen LogP contribution in [-0.4, -0.2) is 149 Å². The van der Waals surface area contributed by atoms with Crippen molar-refractivity contribution in [3.8, 4) is 50.8 Å². The third kappa shape index (κ3) is 11.6. The van der Waals surface area contributed by atoms with Crippen LogP contribution in [0.4, 0.5) is 17.5 Å². The van der Waals surface area contributed by atoms with Gasteiger partial charge in [-0.25, -0.2) is 29.0 Å². The minimum atomic E-state index is -0.0772. The van der Waals surface area contributed by atoms with Crippen LogP contribution in [0.3, 0.4) is 0 Å². The van der Waals surface area contributed by atoms with Gasteiger partial charge in [-0.05, 0) is 129 Å². The average Bonchev–Trinajstić information content (AvgIpc) is 1.56. The number of hydrogen-bond acceptors (Lipinski definition) is 17. The van der Waals surface area contributed by atoms with Gasteiger partial charge in [0.15, 0.2) is 0 Å². The molecule has 9 aromatic heterocycles. The van der Waals surface area contributed by atoms with Gasteiger partial charge in [0.1, 0.15) is 34.5 Å². The van der Waals surface area contributed by atoms with Gasteiger partial charge in [-0.15, -0.1) is 0 Å². The number of pyridine rings is 3. The summed E-state index contributed by atoms with van der Waals surface area (Å²) in [5, 5.41) is 45.5. The Bertz CT molecular complexity index is 6030. The molecule has 6 aromatic carbocycles. The van der Waals surface area contributed by atoms with Crippen LogP contribution < -0.4 is 20.4 Å². The van der Waals surface area contributed by atoms with Gasteiger partial charge in [0.2, 0.25) is 0 Å². The maximum atomic E-state index is 11.9. The molecule has 23 heteroatoms. The van der Waals surface area contributed by atoms with E-state index in [1.807, 2.05) is 110 Å². The Hall–Kier alpha value is -12.7. The summed E-state index contributed by atoms with van der Waals surface area (Å²) in [7, 11) is 7.31. The molecule has 12 heterocycles. The first-order valence-electron chi connectivity index (χ1n) is 36.5. The van der Waals surface area contributed by atoms with Gasteiger partial charge in [-0.1, -0.05) is 97.6 Å². The van der Waals surface area contributed by atoms with Gasteiger partial charge in [0, 0.05) is 147 Å². The molecule has 5 fully saturated rings. The number of carbonyl (C=O) groups excluding carboxylic acids is 1. The first kappa shape index (κ1) is 66.3. The van der Waals surface area contributed by atoms with Gasteiger partial charge in [-0.3, -0.25) is 18.8 Å². The molecule has 2 aliphatic carbocycles. The van der Waals surface area contributed by atoms with E-state index in [9.17, 15) is 9.90 Å². The van der Waals surface area contributed by atoms with Crippen molar-refractivity contribution in [3.63, 3.8) is 0 Å². The number of rotatable bonds is 12. The lowest BCUT2D eigenvalue weighted by Crippen LogP contribution is -2.47. The number of aromatic nitrogens is 15. The Morgan fingerprint density at radius 3 is 1.21 bits per heavy atom. The summed E-state index contributed by atoms with van der Waals surface area (Å²) in [6.45, 7) is 23.1. The van der Waals surface area contributed by atoms with Crippen LogP contribution in [0.2, 0.25) is 0 Å². The second-order valence-electron chi connectivity index (χ2n) is 29.4. The van der Waals surface area contributed by atoms with E-state index in [0.717, 1.165) is 192 Å². The number of para-hydroxylation sites is 2. The third-order valence-electron chi connectivity index (χ3n) is 22.5. The van der Waals surface area contributed by atoms with Crippen LogP contribution in [-0.2, 0) is 30.7 Å². The minimum absolute atomic E-state index is 0.0617. The zero-order valence-corrected chi connectivity index (χ0v) is 61.1. The average molecular weight is 1420 g/mol. The molecule has 3 saturated heterocycles. The van der Waals surface area contributed by atoms with Crippen LogP contribution in [0.25, 0.3) is 116 Å². The Balaban J connectivity index is 0.000000113. The third-order valence-corrected chi connectivity index (χ3v) is 22.5. The predicted octanol–water partition coefficient (Wildman–Crippen LogP) is 13.3. The number of benzene rings is 6.